The molecule has 12 unspecified atom stereocenters. The van der Waals surface area contributed by atoms with Crippen LogP contribution >= 0.6 is 0 Å². The highest BCUT2D eigenvalue weighted by atomic mass is 16.7. The van der Waals surface area contributed by atoms with Gasteiger partial charge in [0.25, 0.3) is 0 Å². The molecule has 434 valence electrons. The molecule has 9 N–H and O–H groups in total. The molecule has 0 saturated carbocycles. The van der Waals surface area contributed by atoms with Gasteiger partial charge in [0.2, 0.25) is 5.91 Å². The van der Waals surface area contributed by atoms with Gasteiger partial charge in [-0.2, -0.15) is 0 Å². The van der Waals surface area contributed by atoms with Crippen LogP contribution in [0.15, 0.2) is 146 Å². The average Bonchev–Trinajstić information content (AvgIpc) is 3.43. The predicted octanol–water partition coefficient (Wildman–Crippen LogP) is 9.38. The van der Waals surface area contributed by atoms with E-state index in [1.54, 1.807) is 6.08 Å². The third-order valence-electron chi connectivity index (χ3n) is 12.8. The molecule has 2 heterocycles. The van der Waals surface area contributed by atoms with Crippen LogP contribution in [-0.2, 0) is 23.7 Å². The second-order valence-corrected chi connectivity index (χ2v) is 19.3. The zero-order valence-electron chi connectivity index (χ0n) is 46.4. The number of aliphatic hydroxyl groups excluding tert-OH is 8. The lowest BCUT2D eigenvalue weighted by atomic mass is 9.97. The first-order chi connectivity index (χ1) is 37.6. The number of nitrogens with one attached hydrogen (secondary N) is 1. The van der Waals surface area contributed by atoms with E-state index in [1.165, 1.54) is 0 Å². The Bertz CT molecular complexity index is 1840. The summed E-state index contributed by atoms with van der Waals surface area (Å²) in [6.07, 6.45) is 53.8. The number of amides is 1. The Kier molecular flexibility index (Phi) is 41.9. The summed E-state index contributed by atoms with van der Waals surface area (Å²) in [4.78, 5) is 13.1. The maximum atomic E-state index is 13.1. The Hall–Kier alpha value is -4.13. The van der Waals surface area contributed by atoms with Gasteiger partial charge in [-0.25, -0.2) is 0 Å². The van der Waals surface area contributed by atoms with E-state index in [9.17, 15) is 45.6 Å². The number of unbranched alkanes of at least 4 members (excludes halogenated alkanes) is 7. The van der Waals surface area contributed by atoms with Crippen LogP contribution in [0.4, 0.5) is 0 Å². The van der Waals surface area contributed by atoms with E-state index in [2.05, 4.69) is 153 Å². The van der Waals surface area contributed by atoms with Gasteiger partial charge in [0.1, 0.15) is 48.8 Å². The number of carbonyl (C=O) groups excluding carboxylic acids is 1. The first kappa shape index (κ1) is 69.0. The standard InChI is InChI=1S/C63H99NO13/c1-3-5-7-9-11-12-13-14-15-16-17-18-19-20-21-22-23-24-25-26-27-28-29-30-31-32-33-34-35-36-37-38-39-40-41-43-45-47-55(68)64-51(52(67)46-44-42-10-8-6-4-2)50-74-62-60(73)58(71)61(54(49-66)76-62)77-63-59(72)57(70)56(69)53(48-65)75-63/h5,7,11-12,14-15,17-18,20-21,23-24,26-27,29-30,32-33,35-36,38-39,44,46,51-54,56-63,65-67,69-73H,3-4,6,8-10,13,16,19,22,25,28,31,34,37,40-43,45,47-50H2,1-2H3,(H,64,68)/b7-5-,12-11-,15-14-,18-17-,21-20-,24-23-,27-26-,30-29-,33-32-,36-35-,39-38-,46-44+. The molecule has 2 rings (SSSR count). The summed E-state index contributed by atoms with van der Waals surface area (Å²) in [6.45, 7) is 2.52. The van der Waals surface area contributed by atoms with Gasteiger partial charge < -0.3 is 65.1 Å². The molecular weight excluding hydrogens is 979 g/mol. The van der Waals surface area contributed by atoms with Crippen LogP contribution < -0.4 is 5.32 Å². The van der Waals surface area contributed by atoms with Crippen molar-refractivity contribution in [2.24, 2.45) is 0 Å². The summed E-state index contributed by atoms with van der Waals surface area (Å²) < 4.78 is 22.6. The van der Waals surface area contributed by atoms with Gasteiger partial charge in [0.15, 0.2) is 12.6 Å². The van der Waals surface area contributed by atoms with Crippen molar-refractivity contribution in [2.75, 3.05) is 19.8 Å². The monoisotopic (exact) mass is 1080 g/mol. The summed E-state index contributed by atoms with van der Waals surface area (Å²) in [6, 6.07) is -0.940. The highest BCUT2D eigenvalue weighted by Crippen LogP contribution is 2.30. The minimum Gasteiger partial charge on any atom is -0.394 e. The van der Waals surface area contributed by atoms with Gasteiger partial charge in [-0.1, -0.05) is 185 Å². The molecule has 2 aliphatic rings. The minimum atomic E-state index is -1.80. The van der Waals surface area contributed by atoms with E-state index >= 15 is 0 Å². The average molecular weight is 1080 g/mol. The van der Waals surface area contributed by atoms with Crippen LogP contribution in [0.3, 0.4) is 0 Å². The van der Waals surface area contributed by atoms with E-state index in [0.29, 0.717) is 6.42 Å². The zero-order valence-corrected chi connectivity index (χ0v) is 46.4. The smallest absolute Gasteiger partial charge is 0.220 e. The number of allylic oxidation sites excluding steroid dienone is 23. The largest absolute Gasteiger partial charge is 0.394 e. The Morgan fingerprint density at radius 1 is 0.481 bits per heavy atom. The predicted molar refractivity (Wildman–Crippen MR) is 308 cm³/mol. The molecular formula is C63H99NO13. The summed E-state index contributed by atoms with van der Waals surface area (Å²) in [5.74, 6) is -0.285. The Labute approximate surface area is 462 Å². The highest BCUT2D eigenvalue weighted by molar-refractivity contribution is 5.76. The topological polar surface area (TPSA) is 228 Å². The van der Waals surface area contributed by atoms with Crippen molar-refractivity contribution in [3.05, 3.63) is 146 Å². The summed E-state index contributed by atoms with van der Waals surface area (Å²) >= 11 is 0. The van der Waals surface area contributed by atoms with Crippen molar-refractivity contribution in [3.63, 3.8) is 0 Å². The fourth-order valence-corrected chi connectivity index (χ4v) is 8.17. The zero-order chi connectivity index (χ0) is 56.0. The maximum absolute atomic E-state index is 13.1. The lowest BCUT2D eigenvalue weighted by Gasteiger charge is -2.46. The minimum absolute atomic E-state index is 0.229. The third-order valence-corrected chi connectivity index (χ3v) is 12.8. The van der Waals surface area contributed by atoms with Gasteiger partial charge in [0.05, 0.1) is 32.0 Å². The van der Waals surface area contributed by atoms with Gasteiger partial charge in [0, 0.05) is 6.42 Å². The summed E-state index contributed by atoms with van der Waals surface area (Å²) in [7, 11) is 0. The van der Waals surface area contributed by atoms with Crippen molar-refractivity contribution >= 4 is 5.91 Å². The molecule has 0 aromatic heterocycles. The number of rotatable bonds is 42. The van der Waals surface area contributed by atoms with Crippen molar-refractivity contribution in [3.8, 4) is 0 Å². The van der Waals surface area contributed by atoms with E-state index in [1.807, 2.05) is 6.08 Å². The molecule has 2 saturated heterocycles. The molecule has 0 radical (unpaired) electrons. The molecule has 77 heavy (non-hydrogen) atoms. The molecule has 14 nitrogen and oxygen atoms in total. The quantitative estimate of drug-likeness (QED) is 0.0205. The SMILES string of the molecule is CC/C=C\C/C=C\C/C=C\C/C=C\C/C=C\C/C=C\C/C=C\C/C=C\C/C=C\C/C=C\C/C=C\CCCCCC(=O)NC(COC1OC(CO)C(OC2OC(CO)C(O)C(O)C2O)C(O)C1O)C(O)/C=C/CCCCCC. The molecule has 2 fully saturated rings. The molecule has 12 atom stereocenters. The second-order valence-electron chi connectivity index (χ2n) is 19.3. The molecule has 0 spiro atoms. The first-order valence-electron chi connectivity index (χ1n) is 28.6. The molecule has 1 amide bonds. The number of aliphatic hydroxyl groups is 8. The normalized spacial score (nSPS) is 25.8. The van der Waals surface area contributed by atoms with Crippen molar-refractivity contribution in [1.29, 1.82) is 0 Å². The van der Waals surface area contributed by atoms with Crippen LogP contribution in [0.2, 0.25) is 0 Å². The van der Waals surface area contributed by atoms with Crippen LogP contribution in [-0.4, -0.2) is 140 Å². The molecule has 0 aromatic rings. The highest BCUT2D eigenvalue weighted by Gasteiger charge is 2.51. The fourth-order valence-electron chi connectivity index (χ4n) is 8.17. The Balaban J connectivity index is 1.63. The van der Waals surface area contributed by atoms with Crippen molar-refractivity contribution in [1.82, 2.24) is 5.32 Å². The van der Waals surface area contributed by atoms with Gasteiger partial charge >= 0.3 is 0 Å². The molecule has 14 heteroatoms. The second kappa shape index (κ2) is 46.8. The molecule has 0 aliphatic carbocycles. The molecule has 2 aliphatic heterocycles. The summed E-state index contributed by atoms with van der Waals surface area (Å²) in [5.41, 5.74) is 0. The Morgan fingerprint density at radius 2 is 0.896 bits per heavy atom. The number of hydrogen-bond donors (Lipinski definition) is 9. The molecule has 0 bridgehead atoms. The Morgan fingerprint density at radius 3 is 1.35 bits per heavy atom. The van der Waals surface area contributed by atoms with Crippen LogP contribution in [0.1, 0.15) is 149 Å². The van der Waals surface area contributed by atoms with Crippen molar-refractivity contribution in [2.45, 2.75) is 222 Å². The number of carbonyl (C=O) groups is 1. The first-order valence-corrected chi connectivity index (χ1v) is 28.6. The van der Waals surface area contributed by atoms with E-state index in [-0.39, 0.29) is 18.9 Å². The molecule has 0 aromatic carbocycles. The lowest BCUT2D eigenvalue weighted by Crippen LogP contribution is -2.65. The summed E-state index contributed by atoms with van der Waals surface area (Å²) in [5, 5.41) is 86.4. The van der Waals surface area contributed by atoms with E-state index < -0.39 is 86.8 Å². The van der Waals surface area contributed by atoms with Gasteiger partial charge in [-0.05, 0) is 103 Å². The van der Waals surface area contributed by atoms with Crippen LogP contribution in [0, 0.1) is 0 Å². The van der Waals surface area contributed by atoms with E-state index in [0.717, 1.165) is 122 Å². The van der Waals surface area contributed by atoms with E-state index in [4.69, 9.17) is 18.9 Å². The van der Waals surface area contributed by atoms with Crippen LogP contribution in [0.5, 0.6) is 0 Å². The van der Waals surface area contributed by atoms with Crippen LogP contribution in [0.25, 0.3) is 0 Å². The maximum Gasteiger partial charge on any atom is 0.220 e. The number of ether oxygens (including phenoxy) is 4. The van der Waals surface area contributed by atoms with Gasteiger partial charge in [-0.3, -0.25) is 4.79 Å². The lowest BCUT2D eigenvalue weighted by molar-refractivity contribution is -0.359. The number of hydrogen-bond acceptors (Lipinski definition) is 13. The fraction of sp³-hybridized carbons (Fsp3) is 0.603. The third kappa shape index (κ3) is 32.5. The van der Waals surface area contributed by atoms with Crippen molar-refractivity contribution < 1.29 is 64.6 Å². The van der Waals surface area contributed by atoms with Gasteiger partial charge in [-0.15, -0.1) is 0 Å².